The Bertz CT molecular complexity index is 318. The van der Waals surface area contributed by atoms with Gasteiger partial charge < -0.3 is 16.0 Å². The van der Waals surface area contributed by atoms with Crippen molar-refractivity contribution in [3.05, 3.63) is 0 Å². The molecule has 2 atom stereocenters. The molecule has 1 saturated heterocycles. The number of urea groups is 1. The number of hydrogen-bond donors (Lipinski definition) is 2. The average molecular weight is 295 g/mol. The van der Waals surface area contributed by atoms with Gasteiger partial charge in [0.15, 0.2) is 0 Å². The lowest BCUT2D eigenvalue weighted by Crippen LogP contribution is -2.59. The minimum absolute atomic E-state index is 0.0281. The fourth-order valence-electron chi connectivity index (χ4n) is 2.57. The highest BCUT2D eigenvalue weighted by Crippen LogP contribution is 2.35. The molecule has 118 valence electrons. The zero-order valence-corrected chi connectivity index (χ0v) is 12.0. The van der Waals surface area contributed by atoms with Gasteiger partial charge in [0.1, 0.15) is 6.04 Å². The van der Waals surface area contributed by atoms with E-state index in [1.165, 1.54) is 0 Å². The highest BCUT2D eigenvalue weighted by molar-refractivity contribution is 5.75. The number of carbonyl (C=O) groups is 1. The van der Waals surface area contributed by atoms with Crippen LogP contribution in [0.25, 0.3) is 0 Å². The summed E-state index contributed by atoms with van der Waals surface area (Å²) in [5.74, 6) is 0.195. The normalized spacial score (nSPS) is 24.1. The van der Waals surface area contributed by atoms with Crippen LogP contribution >= 0.6 is 0 Å². The predicted octanol–water partition coefficient (Wildman–Crippen LogP) is 2.49. The third-order valence-corrected chi connectivity index (χ3v) is 3.52. The van der Waals surface area contributed by atoms with Gasteiger partial charge in [-0.25, -0.2) is 4.79 Å². The van der Waals surface area contributed by atoms with E-state index < -0.39 is 24.3 Å². The summed E-state index contributed by atoms with van der Waals surface area (Å²) in [7, 11) is 0. The van der Waals surface area contributed by atoms with Gasteiger partial charge in [0.05, 0.1) is 0 Å². The molecule has 0 spiro atoms. The van der Waals surface area contributed by atoms with Crippen molar-refractivity contribution < 1.29 is 18.0 Å². The molecule has 0 aromatic carbocycles. The molecule has 20 heavy (non-hydrogen) atoms. The zero-order chi connectivity index (χ0) is 15.3. The lowest BCUT2D eigenvalue weighted by Gasteiger charge is -2.42. The van der Waals surface area contributed by atoms with E-state index in [1.54, 1.807) is 0 Å². The van der Waals surface area contributed by atoms with Gasteiger partial charge in [0.25, 0.3) is 0 Å². The van der Waals surface area contributed by atoms with Crippen LogP contribution in [-0.2, 0) is 0 Å². The Hall–Kier alpha value is -0.980. The predicted molar refractivity (Wildman–Crippen MR) is 71.2 cm³/mol. The number of nitrogens with one attached hydrogen (secondary N) is 1. The average Bonchev–Trinajstić information content (AvgIpc) is 2.35. The van der Waals surface area contributed by atoms with Gasteiger partial charge in [-0.05, 0) is 38.1 Å². The van der Waals surface area contributed by atoms with Crippen molar-refractivity contribution in [1.82, 2.24) is 10.2 Å². The Morgan fingerprint density at radius 1 is 1.40 bits per heavy atom. The molecule has 1 aliphatic heterocycles. The van der Waals surface area contributed by atoms with Gasteiger partial charge in [-0.3, -0.25) is 0 Å². The molecule has 0 aromatic rings. The highest BCUT2D eigenvalue weighted by atomic mass is 19.4. The topological polar surface area (TPSA) is 58.4 Å². The number of alkyl halides is 3. The molecular weight excluding hydrogens is 271 g/mol. The molecule has 0 aromatic heterocycles. The summed E-state index contributed by atoms with van der Waals surface area (Å²) in [5, 5.41) is 2.59. The van der Waals surface area contributed by atoms with Gasteiger partial charge in [0.2, 0.25) is 0 Å². The summed E-state index contributed by atoms with van der Waals surface area (Å²) >= 11 is 0. The number of amides is 2. The SMILES string of the molecule is CC(C)CNC(=O)N1C(CCN)CCCC1C(F)(F)F. The number of nitrogens with two attached hydrogens (primary N) is 1. The molecule has 4 nitrogen and oxygen atoms in total. The molecule has 0 bridgehead atoms. The molecule has 7 heteroatoms. The van der Waals surface area contributed by atoms with Crippen LogP contribution in [0, 0.1) is 5.92 Å². The second-order valence-corrected chi connectivity index (χ2v) is 5.71. The fraction of sp³-hybridized carbons (Fsp3) is 0.923. The number of piperidine rings is 1. The number of rotatable bonds is 4. The van der Waals surface area contributed by atoms with Gasteiger partial charge in [0, 0.05) is 12.6 Å². The molecule has 2 unspecified atom stereocenters. The fourth-order valence-corrected chi connectivity index (χ4v) is 2.57. The molecule has 0 aliphatic carbocycles. The molecule has 1 fully saturated rings. The summed E-state index contributed by atoms with van der Waals surface area (Å²) in [4.78, 5) is 13.1. The van der Waals surface area contributed by atoms with E-state index >= 15 is 0 Å². The summed E-state index contributed by atoms with van der Waals surface area (Å²) in [6, 6.07) is -2.74. The van der Waals surface area contributed by atoms with Crippen molar-refractivity contribution in [3.63, 3.8) is 0 Å². The summed E-state index contributed by atoms with van der Waals surface area (Å²) in [6.07, 6.45) is -2.95. The lowest BCUT2D eigenvalue weighted by molar-refractivity contribution is -0.189. The quantitative estimate of drug-likeness (QED) is 0.837. The Morgan fingerprint density at radius 2 is 2.05 bits per heavy atom. The van der Waals surface area contributed by atoms with E-state index in [-0.39, 0.29) is 18.9 Å². The van der Waals surface area contributed by atoms with Crippen LogP contribution in [0.1, 0.15) is 39.5 Å². The van der Waals surface area contributed by atoms with Gasteiger partial charge in [-0.15, -0.1) is 0 Å². The van der Waals surface area contributed by atoms with Crippen molar-refractivity contribution in [3.8, 4) is 0 Å². The number of nitrogens with zero attached hydrogens (tertiary/aromatic N) is 1. The maximum atomic E-state index is 13.1. The maximum Gasteiger partial charge on any atom is 0.408 e. The minimum atomic E-state index is -4.39. The first-order valence-electron chi connectivity index (χ1n) is 7.10. The van der Waals surface area contributed by atoms with Crippen molar-refractivity contribution in [2.24, 2.45) is 11.7 Å². The van der Waals surface area contributed by atoms with Crippen LogP contribution < -0.4 is 11.1 Å². The number of halogens is 3. The van der Waals surface area contributed by atoms with E-state index in [1.807, 2.05) is 13.8 Å². The number of hydrogen-bond acceptors (Lipinski definition) is 2. The standard InChI is InChI=1S/C13H24F3N3O/c1-9(2)8-18-12(20)19-10(6-7-17)4-3-5-11(19)13(14,15)16/h9-11H,3-8,17H2,1-2H3,(H,18,20). The van der Waals surface area contributed by atoms with E-state index in [4.69, 9.17) is 5.73 Å². The molecule has 0 saturated carbocycles. The second kappa shape index (κ2) is 7.15. The summed E-state index contributed by atoms with van der Waals surface area (Å²) in [6.45, 7) is 4.45. The zero-order valence-electron chi connectivity index (χ0n) is 12.0. The molecule has 1 rings (SSSR count). The van der Waals surface area contributed by atoms with E-state index in [2.05, 4.69) is 5.32 Å². The van der Waals surface area contributed by atoms with Gasteiger partial charge in [-0.2, -0.15) is 13.2 Å². The Kier molecular flexibility index (Phi) is 6.10. The Balaban J connectivity index is 2.85. The van der Waals surface area contributed by atoms with E-state index in [0.717, 1.165) is 4.90 Å². The monoisotopic (exact) mass is 295 g/mol. The van der Waals surface area contributed by atoms with Crippen molar-refractivity contribution in [2.45, 2.75) is 57.8 Å². The third-order valence-electron chi connectivity index (χ3n) is 3.52. The summed E-state index contributed by atoms with van der Waals surface area (Å²) in [5.41, 5.74) is 5.46. The van der Waals surface area contributed by atoms with Crippen LogP contribution in [0.2, 0.25) is 0 Å². The van der Waals surface area contributed by atoms with Crippen LogP contribution in [0.5, 0.6) is 0 Å². The van der Waals surface area contributed by atoms with Crippen molar-refractivity contribution in [1.29, 1.82) is 0 Å². The lowest BCUT2D eigenvalue weighted by atomic mass is 9.93. The van der Waals surface area contributed by atoms with Crippen LogP contribution in [0.4, 0.5) is 18.0 Å². The first kappa shape index (κ1) is 17.1. The molecule has 2 amide bonds. The molecule has 1 heterocycles. The van der Waals surface area contributed by atoms with Crippen LogP contribution in [-0.4, -0.2) is 42.3 Å². The largest absolute Gasteiger partial charge is 0.408 e. The highest BCUT2D eigenvalue weighted by Gasteiger charge is 2.49. The number of carbonyl (C=O) groups excluding carboxylic acids is 1. The Morgan fingerprint density at radius 3 is 2.55 bits per heavy atom. The van der Waals surface area contributed by atoms with E-state index in [0.29, 0.717) is 25.8 Å². The van der Waals surface area contributed by atoms with Gasteiger partial charge in [-0.1, -0.05) is 13.8 Å². The van der Waals surface area contributed by atoms with E-state index in [9.17, 15) is 18.0 Å². The smallest absolute Gasteiger partial charge is 0.338 e. The molecule has 0 radical (unpaired) electrons. The van der Waals surface area contributed by atoms with Crippen molar-refractivity contribution in [2.75, 3.05) is 13.1 Å². The first-order chi connectivity index (χ1) is 9.27. The molecule has 1 aliphatic rings. The summed E-state index contributed by atoms with van der Waals surface area (Å²) < 4.78 is 39.3. The Labute approximate surface area is 117 Å². The van der Waals surface area contributed by atoms with Crippen LogP contribution in [0.15, 0.2) is 0 Å². The second-order valence-electron chi connectivity index (χ2n) is 5.71. The van der Waals surface area contributed by atoms with Gasteiger partial charge >= 0.3 is 12.2 Å². The molecular formula is C13H24F3N3O. The minimum Gasteiger partial charge on any atom is -0.338 e. The van der Waals surface area contributed by atoms with Crippen molar-refractivity contribution >= 4 is 6.03 Å². The van der Waals surface area contributed by atoms with Crippen LogP contribution in [0.3, 0.4) is 0 Å². The first-order valence-corrected chi connectivity index (χ1v) is 7.10. The maximum absolute atomic E-state index is 13.1. The number of likely N-dealkylation sites (tertiary alicyclic amines) is 1. The molecule has 3 N–H and O–H groups in total. The third kappa shape index (κ3) is 4.54.